The molecule has 0 fully saturated rings. The van der Waals surface area contributed by atoms with Crippen LogP contribution in [-0.2, 0) is 16.0 Å². The number of hydrogen-bond donors (Lipinski definition) is 1. The lowest BCUT2D eigenvalue weighted by Crippen LogP contribution is -2.05. The van der Waals surface area contributed by atoms with E-state index in [-0.39, 0.29) is 0 Å². The molecule has 4 nitrogen and oxygen atoms in total. The van der Waals surface area contributed by atoms with Gasteiger partial charge in [-0.25, -0.2) is 9.59 Å². The topological polar surface area (TPSA) is 63.6 Å². The highest BCUT2D eigenvalue weighted by molar-refractivity contribution is 5.91. The molecular weight excluding hydrogens is 220 g/mol. The van der Waals surface area contributed by atoms with E-state index in [0.717, 1.165) is 17.7 Å². The molecule has 17 heavy (non-hydrogen) atoms. The van der Waals surface area contributed by atoms with Crippen molar-refractivity contribution in [1.82, 2.24) is 0 Å². The van der Waals surface area contributed by atoms with Crippen molar-refractivity contribution < 1.29 is 19.4 Å². The van der Waals surface area contributed by atoms with E-state index >= 15 is 0 Å². The van der Waals surface area contributed by atoms with Crippen molar-refractivity contribution >= 4 is 11.9 Å². The second kappa shape index (κ2) is 6.27. The van der Waals surface area contributed by atoms with Gasteiger partial charge in [-0.3, -0.25) is 0 Å². The number of carboxylic acid groups (broad SMARTS) is 1. The average Bonchev–Trinajstić information content (AvgIpc) is 2.27. The normalized spacial score (nSPS) is 10.1. The Balaban J connectivity index is 2.68. The van der Waals surface area contributed by atoms with Gasteiger partial charge in [-0.15, -0.1) is 6.58 Å². The van der Waals surface area contributed by atoms with Crippen LogP contribution in [0.3, 0.4) is 0 Å². The molecule has 1 aromatic rings. The molecule has 0 spiro atoms. The number of carbonyl (C=O) groups excluding carboxylic acids is 1. The van der Waals surface area contributed by atoms with E-state index in [2.05, 4.69) is 6.58 Å². The summed E-state index contributed by atoms with van der Waals surface area (Å²) < 4.78 is 4.93. The van der Waals surface area contributed by atoms with Crippen LogP contribution in [-0.4, -0.2) is 17.0 Å². The molecule has 0 bridgehead atoms. The second-order valence-corrected chi connectivity index (χ2v) is 3.23. The molecule has 0 heterocycles. The SMILES string of the molecule is C=CCc1cccc(OC(=O)/C=C\C(=O)O)c1. The monoisotopic (exact) mass is 232 g/mol. The van der Waals surface area contributed by atoms with Gasteiger partial charge in [0.25, 0.3) is 0 Å². The Hall–Kier alpha value is -2.36. The molecule has 1 rings (SSSR count). The first-order chi connectivity index (χ1) is 8.11. The van der Waals surface area contributed by atoms with E-state index in [0.29, 0.717) is 12.2 Å². The summed E-state index contributed by atoms with van der Waals surface area (Å²) in [7, 11) is 0. The van der Waals surface area contributed by atoms with Crippen LogP contribution in [0.2, 0.25) is 0 Å². The van der Waals surface area contributed by atoms with Crippen LogP contribution in [0.15, 0.2) is 49.1 Å². The van der Waals surface area contributed by atoms with Crippen LogP contribution in [0, 0.1) is 0 Å². The van der Waals surface area contributed by atoms with Crippen LogP contribution >= 0.6 is 0 Å². The number of allylic oxidation sites excluding steroid dienone is 1. The van der Waals surface area contributed by atoms with Gasteiger partial charge in [-0.1, -0.05) is 18.2 Å². The summed E-state index contributed by atoms with van der Waals surface area (Å²) in [6.07, 6.45) is 4.01. The van der Waals surface area contributed by atoms with Crippen LogP contribution in [0.1, 0.15) is 5.56 Å². The Labute approximate surface area is 98.8 Å². The molecular formula is C13H12O4. The Kier molecular flexibility index (Phi) is 4.69. The molecule has 0 aliphatic heterocycles. The predicted molar refractivity (Wildman–Crippen MR) is 62.8 cm³/mol. The zero-order valence-corrected chi connectivity index (χ0v) is 9.13. The number of aliphatic carboxylic acids is 1. The summed E-state index contributed by atoms with van der Waals surface area (Å²) >= 11 is 0. The largest absolute Gasteiger partial charge is 0.478 e. The van der Waals surface area contributed by atoms with Gasteiger partial charge in [-0.2, -0.15) is 0 Å². The van der Waals surface area contributed by atoms with Gasteiger partial charge in [0.05, 0.1) is 0 Å². The molecule has 1 aromatic carbocycles. The summed E-state index contributed by atoms with van der Waals surface area (Å²) in [5.74, 6) is -1.53. The highest BCUT2D eigenvalue weighted by Gasteiger charge is 2.01. The van der Waals surface area contributed by atoms with Crippen molar-refractivity contribution in [1.29, 1.82) is 0 Å². The molecule has 88 valence electrons. The van der Waals surface area contributed by atoms with Gasteiger partial charge < -0.3 is 9.84 Å². The van der Waals surface area contributed by atoms with E-state index in [4.69, 9.17) is 9.84 Å². The quantitative estimate of drug-likeness (QED) is 0.365. The molecule has 1 N–H and O–H groups in total. The molecule has 0 unspecified atom stereocenters. The lowest BCUT2D eigenvalue weighted by atomic mass is 10.1. The van der Waals surface area contributed by atoms with Crippen LogP contribution in [0.5, 0.6) is 5.75 Å². The highest BCUT2D eigenvalue weighted by Crippen LogP contribution is 2.14. The van der Waals surface area contributed by atoms with Gasteiger partial charge in [0.2, 0.25) is 0 Å². The minimum absolute atomic E-state index is 0.379. The van der Waals surface area contributed by atoms with Gasteiger partial charge in [0.1, 0.15) is 5.75 Å². The molecule has 0 amide bonds. The summed E-state index contributed by atoms with van der Waals surface area (Å²) in [4.78, 5) is 21.4. The maximum atomic E-state index is 11.2. The van der Waals surface area contributed by atoms with Crippen molar-refractivity contribution in [3.8, 4) is 5.75 Å². The zero-order valence-electron chi connectivity index (χ0n) is 9.13. The van der Waals surface area contributed by atoms with E-state index in [1.165, 1.54) is 0 Å². The number of hydrogen-bond acceptors (Lipinski definition) is 3. The third-order valence-electron chi connectivity index (χ3n) is 1.86. The molecule has 0 radical (unpaired) electrons. The lowest BCUT2D eigenvalue weighted by molar-refractivity contribution is -0.133. The van der Waals surface area contributed by atoms with Crippen LogP contribution in [0.4, 0.5) is 0 Å². The molecule has 0 aromatic heterocycles. The second-order valence-electron chi connectivity index (χ2n) is 3.23. The zero-order chi connectivity index (χ0) is 12.7. The van der Waals surface area contributed by atoms with Crippen LogP contribution < -0.4 is 4.74 Å². The van der Waals surface area contributed by atoms with E-state index in [9.17, 15) is 9.59 Å². The first-order valence-electron chi connectivity index (χ1n) is 4.94. The van der Waals surface area contributed by atoms with Crippen molar-refractivity contribution in [2.45, 2.75) is 6.42 Å². The van der Waals surface area contributed by atoms with Gasteiger partial charge in [0.15, 0.2) is 0 Å². The van der Waals surface area contributed by atoms with Crippen molar-refractivity contribution in [2.75, 3.05) is 0 Å². The first kappa shape index (κ1) is 12.7. The highest BCUT2D eigenvalue weighted by atomic mass is 16.5. The smallest absolute Gasteiger partial charge is 0.336 e. The Morgan fingerprint density at radius 2 is 2.12 bits per heavy atom. The molecule has 0 saturated heterocycles. The molecule has 0 saturated carbocycles. The summed E-state index contributed by atoms with van der Waals surface area (Å²) in [5, 5.41) is 8.34. The average molecular weight is 232 g/mol. The van der Waals surface area contributed by atoms with Crippen molar-refractivity contribution in [2.24, 2.45) is 0 Å². The van der Waals surface area contributed by atoms with Crippen LogP contribution in [0.25, 0.3) is 0 Å². The van der Waals surface area contributed by atoms with E-state index in [1.54, 1.807) is 24.3 Å². The number of carboxylic acids is 1. The van der Waals surface area contributed by atoms with Gasteiger partial charge in [-0.05, 0) is 24.1 Å². The Morgan fingerprint density at radius 1 is 1.35 bits per heavy atom. The fourth-order valence-electron chi connectivity index (χ4n) is 1.19. The number of esters is 1. The predicted octanol–water partition coefficient (Wildman–Crippen LogP) is 1.96. The molecule has 0 aliphatic rings. The fraction of sp³-hybridized carbons (Fsp3) is 0.0769. The summed E-state index contributed by atoms with van der Waals surface area (Å²) in [5.41, 5.74) is 0.965. The van der Waals surface area contributed by atoms with Crippen molar-refractivity contribution in [3.63, 3.8) is 0 Å². The molecule has 4 heteroatoms. The third kappa shape index (κ3) is 4.79. The Morgan fingerprint density at radius 3 is 2.76 bits per heavy atom. The minimum Gasteiger partial charge on any atom is -0.478 e. The van der Waals surface area contributed by atoms with E-state index < -0.39 is 11.9 Å². The molecule has 0 atom stereocenters. The van der Waals surface area contributed by atoms with E-state index in [1.807, 2.05) is 6.07 Å². The summed E-state index contributed by atoms with van der Waals surface area (Å²) in [6, 6.07) is 6.96. The standard InChI is InChI=1S/C13H12O4/c1-2-4-10-5-3-6-11(9-10)17-13(16)8-7-12(14)15/h2-3,5-9H,1,4H2,(H,14,15)/b8-7-. The number of carbonyl (C=O) groups is 2. The molecule has 0 aliphatic carbocycles. The number of benzene rings is 1. The van der Waals surface area contributed by atoms with Crippen molar-refractivity contribution in [3.05, 3.63) is 54.6 Å². The van der Waals surface area contributed by atoms with Gasteiger partial charge >= 0.3 is 11.9 Å². The van der Waals surface area contributed by atoms with Gasteiger partial charge in [0, 0.05) is 12.2 Å². The fourth-order valence-corrected chi connectivity index (χ4v) is 1.19. The Bertz CT molecular complexity index is 460. The first-order valence-corrected chi connectivity index (χ1v) is 4.94. The number of rotatable bonds is 5. The minimum atomic E-state index is -1.19. The number of ether oxygens (including phenoxy) is 1. The lowest BCUT2D eigenvalue weighted by Gasteiger charge is -2.02. The summed E-state index contributed by atoms with van der Waals surface area (Å²) in [6.45, 7) is 3.61. The maximum absolute atomic E-state index is 11.2. The maximum Gasteiger partial charge on any atom is 0.336 e. The third-order valence-corrected chi connectivity index (χ3v) is 1.86.